The largest absolute Gasteiger partial charge is 0.481 e. The average Bonchev–Trinajstić information content (AvgIpc) is 2.46. The molecule has 0 bridgehead atoms. The summed E-state index contributed by atoms with van der Waals surface area (Å²) < 4.78 is 0. The molecule has 114 valence electrons. The van der Waals surface area contributed by atoms with Crippen LogP contribution in [0.25, 0.3) is 0 Å². The first-order valence-electron chi connectivity index (χ1n) is 6.92. The topological polar surface area (TPSA) is 114 Å². The van der Waals surface area contributed by atoms with E-state index >= 15 is 0 Å². The summed E-state index contributed by atoms with van der Waals surface area (Å²) in [4.78, 5) is 10.5. The third-order valence-corrected chi connectivity index (χ3v) is 3.09. The Kier molecular flexibility index (Phi) is 5.08. The van der Waals surface area contributed by atoms with E-state index in [9.17, 15) is 4.79 Å². The summed E-state index contributed by atoms with van der Waals surface area (Å²) in [5.41, 5.74) is 14.8. The van der Waals surface area contributed by atoms with Crippen LogP contribution in [-0.4, -0.2) is 11.1 Å². The van der Waals surface area contributed by atoms with Gasteiger partial charge in [-0.1, -0.05) is 12.1 Å². The van der Waals surface area contributed by atoms with Crippen LogP contribution < -0.4 is 11.5 Å². The summed E-state index contributed by atoms with van der Waals surface area (Å²) >= 11 is 0. The van der Waals surface area contributed by atoms with Crippen LogP contribution in [0.4, 0.5) is 22.7 Å². The van der Waals surface area contributed by atoms with Crippen molar-refractivity contribution in [1.29, 1.82) is 0 Å². The maximum Gasteiger partial charge on any atom is 0.303 e. The molecule has 22 heavy (non-hydrogen) atoms. The highest BCUT2D eigenvalue weighted by Gasteiger charge is 2.01. The molecule has 0 radical (unpaired) electrons. The van der Waals surface area contributed by atoms with E-state index in [1.807, 2.05) is 24.3 Å². The lowest BCUT2D eigenvalue weighted by Crippen LogP contribution is -1.95. The first-order valence-corrected chi connectivity index (χ1v) is 6.92. The fraction of sp³-hybridized carbons (Fsp3) is 0.188. The monoisotopic (exact) mass is 298 g/mol. The molecular formula is C16H18N4O2. The number of hydrogen-bond donors (Lipinski definition) is 3. The van der Waals surface area contributed by atoms with E-state index in [2.05, 4.69) is 10.2 Å². The van der Waals surface area contributed by atoms with Gasteiger partial charge in [0, 0.05) is 12.1 Å². The molecule has 0 fully saturated rings. The molecular weight excluding hydrogens is 280 g/mol. The normalized spacial score (nSPS) is 10.9. The van der Waals surface area contributed by atoms with Crippen molar-refractivity contribution >= 4 is 28.7 Å². The number of hydrogen-bond acceptors (Lipinski definition) is 5. The molecule has 0 aliphatic heterocycles. The standard InChI is InChI=1S/C16H18N4O2/c17-12-7-8-15(14(18)10-12)20-19-13-5-1-3-11(9-13)4-2-6-16(21)22/h1,3,5,7-10H,2,4,6,17-18H2,(H,21,22). The van der Waals surface area contributed by atoms with Crippen molar-refractivity contribution in [3.63, 3.8) is 0 Å². The molecule has 0 amide bonds. The maximum atomic E-state index is 10.5. The highest BCUT2D eigenvalue weighted by molar-refractivity contribution is 5.67. The number of carbonyl (C=O) groups is 1. The van der Waals surface area contributed by atoms with Crippen LogP contribution in [0.3, 0.4) is 0 Å². The number of anilines is 2. The zero-order valence-electron chi connectivity index (χ0n) is 12.1. The fourth-order valence-corrected chi connectivity index (χ4v) is 1.99. The van der Waals surface area contributed by atoms with Crippen molar-refractivity contribution in [3.05, 3.63) is 48.0 Å². The molecule has 0 aromatic heterocycles. The Morgan fingerprint density at radius 3 is 2.64 bits per heavy atom. The smallest absolute Gasteiger partial charge is 0.303 e. The molecule has 0 saturated carbocycles. The Balaban J connectivity index is 2.06. The van der Waals surface area contributed by atoms with E-state index in [0.29, 0.717) is 35.6 Å². The molecule has 0 unspecified atom stereocenters. The number of nitrogens with zero attached hydrogens (tertiary/aromatic N) is 2. The van der Waals surface area contributed by atoms with Crippen LogP contribution >= 0.6 is 0 Å². The Bertz CT molecular complexity index is 698. The lowest BCUT2D eigenvalue weighted by molar-refractivity contribution is -0.137. The predicted molar refractivity (Wildman–Crippen MR) is 86.5 cm³/mol. The summed E-state index contributed by atoms with van der Waals surface area (Å²) in [7, 11) is 0. The summed E-state index contributed by atoms with van der Waals surface area (Å²) in [6.07, 6.45) is 1.45. The third-order valence-electron chi connectivity index (χ3n) is 3.09. The first-order chi connectivity index (χ1) is 10.5. The van der Waals surface area contributed by atoms with Gasteiger partial charge in [0.15, 0.2) is 0 Å². The van der Waals surface area contributed by atoms with E-state index in [0.717, 1.165) is 5.56 Å². The van der Waals surface area contributed by atoms with Gasteiger partial charge >= 0.3 is 5.97 Å². The zero-order chi connectivity index (χ0) is 15.9. The van der Waals surface area contributed by atoms with Gasteiger partial charge in [0.2, 0.25) is 0 Å². The third kappa shape index (κ3) is 4.59. The lowest BCUT2D eigenvalue weighted by Gasteiger charge is -2.02. The number of nitrogen functional groups attached to an aromatic ring is 2. The first kappa shape index (κ1) is 15.5. The van der Waals surface area contributed by atoms with Crippen LogP contribution in [0.2, 0.25) is 0 Å². The number of aliphatic carboxylic acids is 1. The van der Waals surface area contributed by atoms with Gasteiger partial charge in [-0.05, 0) is 48.7 Å². The van der Waals surface area contributed by atoms with E-state index < -0.39 is 5.97 Å². The molecule has 2 aromatic carbocycles. The van der Waals surface area contributed by atoms with Gasteiger partial charge in [0.25, 0.3) is 0 Å². The molecule has 2 aromatic rings. The van der Waals surface area contributed by atoms with Crippen LogP contribution in [0.5, 0.6) is 0 Å². The number of rotatable bonds is 6. The molecule has 2 rings (SSSR count). The number of carboxylic acid groups (broad SMARTS) is 1. The Labute approximate surface area is 128 Å². The minimum absolute atomic E-state index is 0.160. The minimum atomic E-state index is -0.783. The summed E-state index contributed by atoms with van der Waals surface area (Å²) in [5.74, 6) is -0.783. The molecule has 6 nitrogen and oxygen atoms in total. The molecule has 5 N–H and O–H groups in total. The minimum Gasteiger partial charge on any atom is -0.481 e. The van der Waals surface area contributed by atoms with Crippen molar-refractivity contribution in [2.45, 2.75) is 19.3 Å². The number of nitrogens with two attached hydrogens (primary N) is 2. The molecule has 0 saturated heterocycles. The second-order valence-electron chi connectivity index (χ2n) is 4.94. The molecule has 0 heterocycles. The van der Waals surface area contributed by atoms with E-state index in [4.69, 9.17) is 16.6 Å². The van der Waals surface area contributed by atoms with Crippen molar-refractivity contribution in [2.24, 2.45) is 10.2 Å². The van der Waals surface area contributed by atoms with E-state index in [1.165, 1.54) is 0 Å². The van der Waals surface area contributed by atoms with Gasteiger partial charge in [-0.25, -0.2) is 0 Å². The van der Waals surface area contributed by atoms with Crippen LogP contribution in [0.1, 0.15) is 18.4 Å². The number of benzene rings is 2. The van der Waals surface area contributed by atoms with Crippen LogP contribution in [0.15, 0.2) is 52.7 Å². The van der Waals surface area contributed by atoms with E-state index in [-0.39, 0.29) is 6.42 Å². The average molecular weight is 298 g/mol. The summed E-state index contributed by atoms with van der Waals surface area (Å²) in [5, 5.41) is 16.9. The van der Waals surface area contributed by atoms with Gasteiger partial charge in [-0.3, -0.25) is 4.79 Å². The lowest BCUT2D eigenvalue weighted by atomic mass is 10.1. The van der Waals surface area contributed by atoms with Gasteiger partial charge in [0.05, 0.1) is 11.4 Å². The number of carboxylic acids is 1. The second-order valence-corrected chi connectivity index (χ2v) is 4.94. The Hall–Kier alpha value is -2.89. The van der Waals surface area contributed by atoms with E-state index in [1.54, 1.807) is 18.2 Å². The Morgan fingerprint density at radius 2 is 1.91 bits per heavy atom. The molecule has 0 aliphatic rings. The van der Waals surface area contributed by atoms with Crippen molar-refractivity contribution < 1.29 is 9.90 Å². The van der Waals surface area contributed by atoms with Crippen molar-refractivity contribution in [3.8, 4) is 0 Å². The van der Waals surface area contributed by atoms with Gasteiger partial charge < -0.3 is 16.6 Å². The number of azo groups is 1. The van der Waals surface area contributed by atoms with Gasteiger partial charge in [0.1, 0.15) is 5.69 Å². The quantitative estimate of drug-likeness (QED) is 0.557. The SMILES string of the molecule is Nc1ccc(N=Nc2cccc(CCCC(=O)O)c2)c(N)c1. The number of aryl methyl sites for hydroxylation is 1. The van der Waals surface area contributed by atoms with Crippen LogP contribution in [0, 0.1) is 0 Å². The van der Waals surface area contributed by atoms with Crippen molar-refractivity contribution in [2.75, 3.05) is 11.5 Å². The Morgan fingerprint density at radius 1 is 1.09 bits per heavy atom. The molecule has 6 heteroatoms. The highest BCUT2D eigenvalue weighted by Crippen LogP contribution is 2.26. The zero-order valence-corrected chi connectivity index (χ0v) is 12.1. The van der Waals surface area contributed by atoms with Crippen molar-refractivity contribution in [1.82, 2.24) is 0 Å². The summed E-state index contributed by atoms with van der Waals surface area (Å²) in [6, 6.07) is 12.6. The molecule has 0 aliphatic carbocycles. The molecule has 0 atom stereocenters. The maximum absolute atomic E-state index is 10.5. The van der Waals surface area contributed by atoms with Gasteiger partial charge in [-0.2, -0.15) is 5.11 Å². The fourth-order valence-electron chi connectivity index (χ4n) is 1.99. The highest BCUT2D eigenvalue weighted by atomic mass is 16.4. The second kappa shape index (κ2) is 7.21. The predicted octanol–water partition coefficient (Wildman–Crippen LogP) is 3.67. The molecule has 0 spiro atoms. The van der Waals surface area contributed by atoms with Crippen LogP contribution in [-0.2, 0) is 11.2 Å². The summed E-state index contributed by atoms with van der Waals surface area (Å²) in [6.45, 7) is 0. The van der Waals surface area contributed by atoms with Gasteiger partial charge in [-0.15, -0.1) is 5.11 Å².